The molecular formula is C22H20N2O2. The van der Waals surface area contributed by atoms with E-state index in [0.717, 1.165) is 11.1 Å². The number of carbonyl (C=O) groups is 2. The maximum atomic E-state index is 12.3. The van der Waals surface area contributed by atoms with Crippen molar-refractivity contribution in [2.75, 3.05) is 10.6 Å². The molecular weight excluding hydrogens is 324 g/mol. The number of amides is 2. The Bertz CT molecular complexity index is 903. The highest BCUT2D eigenvalue weighted by Gasteiger charge is 2.07. The molecule has 130 valence electrons. The number of aryl methyl sites for hydroxylation is 1. The molecule has 0 unspecified atom stereocenters. The quantitative estimate of drug-likeness (QED) is 0.719. The van der Waals surface area contributed by atoms with E-state index in [1.54, 1.807) is 30.3 Å². The van der Waals surface area contributed by atoms with Gasteiger partial charge in [-0.25, -0.2) is 0 Å². The summed E-state index contributed by atoms with van der Waals surface area (Å²) in [5, 5.41) is 5.71. The fraction of sp³-hybridized carbons (Fsp3) is 0.0909. The Morgan fingerprint density at radius 3 is 2.08 bits per heavy atom. The van der Waals surface area contributed by atoms with Gasteiger partial charge in [0.25, 0.3) is 5.91 Å². The zero-order valence-electron chi connectivity index (χ0n) is 14.5. The van der Waals surface area contributed by atoms with Crippen LogP contribution in [0.1, 0.15) is 21.5 Å². The smallest absolute Gasteiger partial charge is 0.255 e. The number of rotatable bonds is 5. The summed E-state index contributed by atoms with van der Waals surface area (Å²) in [5.74, 6) is -0.234. The number of benzene rings is 3. The molecule has 0 aliphatic heterocycles. The standard InChI is InChI=1S/C22H20N2O2/c1-16-6-5-9-18(14-16)22(26)24-20-12-10-19(11-13-20)23-21(25)15-17-7-3-2-4-8-17/h2-14H,15H2,1H3,(H,23,25)(H,24,26). The van der Waals surface area contributed by atoms with Gasteiger partial charge in [0.1, 0.15) is 0 Å². The molecule has 0 heterocycles. The van der Waals surface area contributed by atoms with Crippen LogP contribution in [0, 0.1) is 6.92 Å². The molecule has 2 amide bonds. The lowest BCUT2D eigenvalue weighted by molar-refractivity contribution is -0.115. The molecule has 3 rings (SSSR count). The lowest BCUT2D eigenvalue weighted by Crippen LogP contribution is -2.14. The zero-order chi connectivity index (χ0) is 18.4. The maximum absolute atomic E-state index is 12.3. The fourth-order valence-corrected chi connectivity index (χ4v) is 2.61. The monoisotopic (exact) mass is 344 g/mol. The van der Waals surface area contributed by atoms with E-state index in [1.165, 1.54) is 0 Å². The van der Waals surface area contributed by atoms with Crippen LogP contribution in [0.5, 0.6) is 0 Å². The van der Waals surface area contributed by atoms with Crippen LogP contribution >= 0.6 is 0 Å². The number of hydrogen-bond donors (Lipinski definition) is 2. The molecule has 0 aliphatic carbocycles. The van der Waals surface area contributed by atoms with Crippen molar-refractivity contribution >= 4 is 23.2 Å². The molecule has 3 aromatic carbocycles. The third-order valence-corrected chi connectivity index (χ3v) is 3.91. The van der Waals surface area contributed by atoms with E-state index in [0.29, 0.717) is 23.4 Å². The topological polar surface area (TPSA) is 58.2 Å². The van der Waals surface area contributed by atoms with Gasteiger partial charge in [-0.05, 0) is 48.9 Å². The number of carbonyl (C=O) groups excluding carboxylic acids is 2. The van der Waals surface area contributed by atoms with E-state index in [1.807, 2.05) is 55.5 Å². The molecule has 26 heavy (non-hydrogen) atoms. The van der Waals surface area contributed by atoms with Crippen LogP contribution in [0.4, 0.5) is 11.4 Å². The van der Waals surface area contributed by atoms with Crippen LogP contribution in [0.3, 0.4) is 0 Å². The Labute approximate surface area is 152 Å². The Morgan fingerprint density at radius 1 is 0.769 bits per heavy atom. The van der Waals surface area contributed by atoms with Crippen molar-refractivity contribution in [3.05, 3.63) is 95.6 Å². The number of anilines is 2. The largest absolute Gasteiger partial charge is 0.326 e. The van der Waals surface area contributed by atoms with Gasteiger partial charge in [-0.2, -0.15) is 0 Å². The summed E-state index contributed by atoms with van der Waals surface area (Å²) < 4.78 is 0. The predicted octanol–water partition coefficient (Wildman–Crippen LogP) is 4.43. The highest BCUT2D eigenvalue weighted by molar-refractivity contribution is 6.04. The van der Waals surface area contributed by atoms with Crippen LogP contribution in [-0.2, 0) is 11.2 Å². The van der Waals surface area contributed by atoms with Gasteiger partial charge >= 0.3 is 0 Å². The summed E-state index contributed by atoms with van der Waals surface area (Å²) in [5.41, 5.74) is 3.99. The normalized spacial score (nSPS) is 10.2. The van der Waals surface area contributed by atoms with E-state index in [4.69, 9.17) is 0 Å². The van der Waals surface area contributed by atoms with Crippen LogP contribution in [0.15, 0.2) is 78.9 Å². The highest BCUT2D eigenvalue weighted by Crippen LogP contribution is 2.15. The number of nitrogens with one attached hydrogen (secondary N) is 2. The van der Waals surface area contributed by atoms with Gasteiger partial charge in [0, 0.05) is 16.9 Å². The molecule has 0 atom stereocenters. The third-order valence-electron chi connectivity index (χ3n) is 3.91. The first-order valence-corrected chi connectivity index (χ1v) is 8.42. The van der Waals surface area contributed by atoms with E-state index in [-0.39, 0.29) is 11.8 Å². The molecule has 0 fully saturated rings. The fourth-order valence-electron chi connectivity index (χ4n) is 2.61. The molecule has 0 spiro atoms. The second-order valence-electron chi connectivity index (χ2n) is 6.11. The van der Waals surface area contributed by atoms with Crippen LogP contribution < -0.4 is 10.6 Å². The minimum Gasteiger partial charge on any atom is -0.326 e. The molecule has 0 saturated heterocycles. The summed E-state index contributed by atoms with van der Waals surface area (Å²) in [4.78, 5) is 24.3. The molecule has 0 saturated carbocycles. The van der Waals surface area contributed by atoms with E-state index in [9.17, 15) is 9.59 Å². The summed E-state index contributed by atoms with van der Waals surface area (Å²) in [6, 6.07) is 24.1. The first-order valence-electron chi connectivity index (χ1n) is 8.42. The van der Waals surface area contributed by atoms with Gasteiger partial charge in [0.2, 0.25) is 5.91 Å². The second kappa shape index (κ2) is 8.12. The molecule has 0 bridgehead atoms. The van der Waals surface area contributed by atoms with Crippen molar-refractivity contribution in [1.82, 2.24) is 0 Å². The SMILES string of the molecule is Cc1cccc(C(=O)Nc2ccc(NC(=O)Cc3ccccc3)cc2)c1. The minimum absolute atomic E-state index is 0.0762. The molecule has 3 aromatic rings. The minimum atomic E-state index is -0.158. The molecule has 4 heteroatoms. The maximum Gasteiger partial charge on any atom is 0.255 e. The van der Waals surface area contributed by atoms with Gasteiger partial charge in [-0.3, -0.25) is 9.59 Å². The summed E-state index contributed by atoms with van der Waals surface area (Å²) >= 11 is 0. The Kier molecular flexibility index (Phi) is 5.44. The molecule has 0 aromatic heterocycles. The lowest BCUT2D eigenvalue weighted by Gasteiger charge is -2.08. The van der Waals surface area contributed by atoms with Crippen molar-refractivity contribution in [2.24, 2.45) is 0 Å². The van der Waals surface area contributed by atoms with E-state index >= 15 is 0 Å². The van der Waals surface area contributed by atoms with Crippen LogP contribution in [-0.4, -0.2) is 11.8 Å². The average Bonchev–Trinajstić information content (AvgIpc) is 2.64. The van der Waals surface area contributed by atoms with E-state index < -0.39 is 0 Å². The molecule has 2 N–H and O–H groups in total. The Morgan fingerprint density at radius 2 is 1.42 bits per heavy atom. The first kappa shape index (κ1) is 17.4. The molecule has 0 aliphatic rings. The first-order chi connectivity index (χ1) is 12.6. The zero-order valence-corrected chi connectivity index (χ0v) is 14.5. The Balaban J connectivity index is 1.58. The molecule has 0 radical (unpaired) electrons. The van der Waals surface area contributed by atoms with Crippen molar-refractivity contribution in [3.63, 3.8) is 0 Å². The summed E-state index contributed by atoms with van der Waals surface area (Å²) in [7, 11) is 0. The van der Waals surface area contributed by atoms with E-state index in [2.05, 4.69) is 10.6 Å². The Hall–Kier alpha value is -3.40. The average molecular weight is 344 g/mol. The highest BCUT2D eigenvalue weighted by atomic mass is 16.2. The van der Waals surface area contributed by atoms with Crippen LogP contribution in [0.25, 0.3) is 0 Å². The number of hydrogen-bond acceptors (Lipinski definition) is 2. The summed E-state index contributed by atoms with van der Waals surface area (Å²) in [6.45, 7) is 1.95. The van der Waals surface area contributed by atoms with Gasteiger partial charge < -0.3 is 10.6 Å². The van der Waals surface area contributed by atoms with Gasteiger partial charge in [0.05, 0.1) is 6.42 Å². The van der Waals surface area contributed by atoms with Crippen molar-refractivity contribution in [1.29, 1.82) is 0 Å². The second-order valence-corrected chi connectivity index (χ2v) is 6.11. The van der Waals surface area contributed by atoms with Crippen molar-refractivity contribution in [2.45, 2.75) is 13.3 Å². The summed E-state index contributed by atoms with van der Waals surface area (Å²) in [6.07, 6.45) is 0.326. The molecule has 4 nitrogen and oxygen atoms in total. The third kappa shape index (κ3) is 4.80. The van der Waals surface area contributed by atoms with Gasteiger partial charge in [-0.1, -0.05) is 48.0 Å². The van der Waals surface area contributed by atoms with Crippen molar-refractivity contribution < 1.29 is 9.59 Å². The van der Waals surface area contributed by atoms with Crippen LogP contribution in [0.2, 0.25) is 0 Å². The van der Waals surface area contributed by atoms with Crippen molar-refractivity contribution in [3.8, 4) is 0 Å². The lowest BCUT2D eigenvalue weighted by atomic mass is 10.1. The van der Waals surface area contributed by atoms with Gasteiger partial charge in [0.15, 0.2) is 0 Å². The predicted molar refractivity (Wildman–Crippen MR) is 104 cm³/mol. The van der Waals surface area contributed by atoms with Gasteiger partial charge in [-0.15, -0.1) is 0 Å².